The molecule has 0 fully saturated rings. The van der Waals surface area contributed by atoms with Gasteiger partial charge in [-0.05, 0) is 80.9 Å². The molecule has 0 amide bonds. The summed E-state index contributed by atoms with van der Waals surface area (Å²) in [5.74, 6) is 0. The molecule has 0 aliphatic rings. The number of nitrogens with zero attached hydrogens (tertiary/aromatic N) is 1. The smallest absolute Gasteiger partial charge is 0.0625 e. The van der Waals surface area contributed by atoms with Crippen molar-refractivity contribution in [2.24, 2.45) is 0 Å². The summed E-state index contributed by atoms with van der Waals surface area (Å²) in [5.41, 5.74) is 10.6. The predicted molar refractivity (Wildman–Crippen MR) is 258 cm³/mol. The number of rotatable bonds is 6. The van der Waals surface area contributed by atoms with E-state index < -0.39 is 0 Å². The van der Waals surface area contributed by atoms with Gasteiger partial charge in [-0.1, -0.05) is 170 Å². The number of fused-ring (bicyclic) bond motifs is 9. The first-order valence-corrected chi connectivity index (χ1v) is 21.7. The molecule has 276 valence electrons. The standard InChI is InChI=1S/C56H35NS2/c1-2-15-36(16-3-1)37-17-14-18-39(33-37)55-48-24-6-4-20-42(48)43-21-5-7-25-49(43)56(55)57(40-30-32-47-45-23-10-13-28-52(45)59-54(47)35-40)50-26-11-8-19-41(50)38-29-31-46-44-22-9-12-27-51(44)58-53(46)34-38/h1-35H. The Labute approximate surface area is 350 Å². The van der Waals surface area contributed by atoms with Crippen molar-refractivity contribution in [1.82, 2.24) is 0 Å². The minimum Gasteiger partial charge on any atom is -0.309 e. The first kappa shape index (κ1) is 34.0. The quantitative estimate of drug-likeness (QED) is 0.152. The second-order valence-corrected chi connectivity index (χ2v) is 17.4. The molecule has 12 rings (SSSR count). The highest BCUT2D eigenvalue weighted by molar-refractivity contribution is 7.26. The molecule has 10 aromatic carbocycles. The summed E-state index contributed by atoms with van der Waals surface area (Å²) in [6.07, 6.45) is 0. The summed E-state index contributed by atoms with van der Waals surface area (Å²) in [5, 5.41) is 10.1. The van der Waals surface area contributed by atoms with Gasteiger partial charge in [-0.2, -0.15) is 0 Å². The molecule has 2 aromatic heterocycles. The number of benzene rings is 10. The van der Waals surface area contributed by atoms with Gasteiger partial charge in [-0.15, -0.1) is 22.7 Å². The van der Waals surface area contributed by atoms with E-state index in [0.717, 1.165) is 11.4 Å². The summed E-state index contributed by atoms with van der Waals surface area (Å²) in [6, 6.07) is 78.4. The summed E-state index contributed by atoms with van der Waals surface area (Å²) in [6.45, 7) is 0. The van der Waals surface area contributed by atoms with Gasteiger partial charge in [0.15, 0.2) is 0 Å². The van der Waals surface area contributed by atoms with Crippen molar-refractivity contribution < 1.29 is 0 Å². The Hall–Kier alpha value is -7.04. The lowest BCUT2D eigenvalue weighted by molar-refractivity contribution is 1.31. The van der Waals surface area contributed by atoms with Crippen molar-refractivity contribution in [2.45, 2.75) is 0 Å². The summed E-state index contributed by atoms with van der Waals surface area (Å²) < 4.78 is 5.19. The molecule has 0 radical (unpaired) electrons. The lowest BCUT2D eigenvalue weighted by Gasteiger charge is -2.32. The number of anilines is 3. The van der Waals surface area contributed by atoms with Crippen LogP contribution in [0, 0.1) is 0 Å². The van der Waals surface area contributed by atoms with Crippen LogP contribution >= 0.6 is 22.7 Å². The summed E-state index contributed by atoms with van der Waals surface area (Å²) in [7, 11) is 0. The topological polar surface area (TPSA) is 3.24 Å². The van der Waals surface area contributed by atoms with Gasteiger partial charge in [0.2, 0.25) is 0 Å². The van der Waals surface area contributed by atoms with Crippen molar-refractivity contribution >= 4 is 102 Å². The third-order valence-corrected chi connectivity index (χ3v) is 14.1. The van der Waals surface area contributed by atoms with Crippen LogP contribution in [0.2, 0.25) is 0 Å². The monoisotopic (exact) mass is 785 g/mol. The average molecular weight is 786 g/mol. The maximum absolute atomic E-state index is 2.56. The first-order valence-electron chi connectivity index (χ1n) is 20.1. The van der Waals surface area contributed by atoms with Gasteiger partial charge in [-0.25, -0.2) is 0 Å². The van der Waals surface area contributed by atoms with Crippen LogP contribution in [0.15, 0.2) is 212 Å². The second-order valence-electron chi connectivity index (χ2n) is 15.2. The molecule has 0 N–H and O–H groups in total. The van der Waals surface area contributed by atoms with E-state index >= 15 is 0 Å². The minimum atomic E-state index is 1.13. The maximum Gasteiger partial charge on any atom is 0.0625 e. The molecule has 2 heterocycles. The lowest BCUT2D eigenvalue weighted by atomic mass is 9.88. The van der Waals surface area contributed by atoms with E-state index in [1.807, 2.05) is 22.7 Å². The molecule has 0 bridgehead atoms. The van der Waals surface area contributed by atoms with Crippen LogP contribution in [0.25, 0.3) is 95.3 Å². The molecule has 0 atom stereocenters. The highest BCUT2D eigenvalue weighted by Gasteiger charge is 2.26. The van der Waals surface area contributed by atoms with Gasteiger partial charge < -0.3 is 4.90 Å². The van der Waals surface area contributed by atoms with Crippen LogP contribution in [-0.2, 0) is 0 Å². The molecule has 59 heavy (non-hydrogen) atoms. The van der Waals surface area contributed by atoms with E-state index in [1.165, 1.54) is 101 Å². The van der Waals surface area contributed by atoms with E-state index in [-0.39, 0.29) is 0 Å². The lowest BCUT2D eigenvalue weighted by Crippen LogP contribution is -2.13. The Balaban J connectivity index is 1.20. The fraction of sp³-hybridized carbons (Fsp3) is 0. The Kier molecular flexibility index (Phi) is 7.97. The number of hydrogen-bond acceptors (Lipinski definition) is 3. The molecule has 0 aliphatic carbocycles. The van der Waals surface area contributed by atoms with Crippen LogP contribution in [0.4, 0.5) is 17.1 Å². The third kappa shape index (κ3) is 5.58. The summed E-state index contributed by atoms with van der Waals surface area (Å²) in [4.78, 5) is 2.56. The van der Waals surface area contributed by atoms with E-state index in [1.54, 1.807) is 0 Å². The van der Waals surface area contributed by atoms with Crippen LogP contribution in [0.3, 0.4) is 0 Å². The molecule has 12 aromatic rings. The van der Waals surface area contributed by atoms with E-state index in [9.17, 15) is 0 Å². The molecule has 0 unspecified atom stereocenters. The maximum atomic E-state index is 2.56. The van der Waals surface area contributed by atoms with Gasteiger partial charge in [0.25, 0.3) is 0 Å². The zero-order valence-electron chi connectivity index (χ0n) is 32.0. The van der Waals surface area contributed by atoms with E-state index in [0.29, 0.717) is 0 Å². The molecule has 0 aliphatic heterocycles. The van der Waals surface area contributed by atoms with Gasteiger partial charge in [-0.3, -0.25) is 0 Å². The average Bonchev–Trinajstić information content (AvgIpc) is 3.87. The largest absolute Gasteiger partial charge is 0.309 e. The Bertz CT molecular complexity index is 3580. The highest BCUT2D eigenvalue weighted by atomic mass is 32.1. The van der Waals surface area contributed by atoms with Crippen molar-refractivity contribution in [3.8, 4) is 33.4 Å². The van der Waals surface area contributed by atoms with Crippen LogP contribution < -0.4 is 4.90 Å². The fourth-order valence-corrected chi connectivity index (χ4v) is 11.5. The first-order chi connectivity index (χ1) is 29.3. The molecule has 3 heteroatoms. The normalized spacial score (nSPS) is 11.7. The molecular weight excluding hydrogens is 751 g/mol. The van der Waals surface area contributed by atoms with E-state index in [4.69, 9.17) is 0 Å². The Morgan fingerprint density at radius 1 is 0.288 bits per heavy atom. The Morgan fingerprint density at radius 3 is 1.56 bits per heavy atom. The van der Waals surface area contributed by atoms with Gasteiger partial charge >= 0.3 is 0 Å². The van der Waals surface area contributed by atoms with Gasteiger partial charge in [0.1, 0.15) is 0 Å². The van der Waals surface area contributed by atoms with Crippen LogP contribution in [-0.4, -0.2) is 0 Å². The second kappa shape index (κ2) is 13.8. The van der Waals surface area contributed by atoms with Crippen LogP contribution in [0.5, 0.6) is 0 Å². The zero-order chi connectivity index (χ0) is 38.9. The zero-order valence-corrected chi connectivity index (χ0v) is 33.6. The molecule has 0 saturated heterocycles. The fourth-order valence-electron chi connectivity index (χ4n) is 9.18. The summed E-state index contributed by atoms with van der Waals surface area (Å²) >= 11 is 3.74. The van der Waals surface area contributed by atoms with Crippen molar-refractivity contribution in [3.05, 3.63) is 212 Å². The van der Waals surface area contributed by atoms with Crippen molar-refractivity contribution in [3.63, 3.8) is 0 Å². The van der Waals surface area contributed by atoms with Gasteiger partial charge in [0, 0.05) is 62.5 Å². The minimum absolute atomic E-state index is 1.13. The number of para-hydroxylation sites is 1. The van der Waals surface area contributed by atoms with Crippen LogP contribution in [0.1, 0.15) is 0 Å². The number of hydrogen-bond donors (Lipinski definition) is 0. The molecular formula is C56H35NS2. The molecule has 1 nitrogen and oxygen atoms in total. The van der Waals surface area contributed by atoms with Crippen molar-refractivity contribution in [2.75, 3.05) is 4.90 Å². The predicted octanol–water partition coefficient (Wildman–Crippen LogP) is 17.2. The van der Waals surface area contributed by atoms with Gasteiger partial charge in [0.05, 0.1) is 11.4 Å². The molecule has 0 saturated carbocycles. The third-order valence-electron chi connectivity index (χ3n) is 11.8. The number of thiophene rings is 2. The van der Waals surface area contributed by atoms with E-state index in [2.05, 4.69) is 217 Å². The highest BCUT2D eigenvalue weighted by Crippen LogP contribution is 2.52. The SMILES string of the molecule is c1ccc(-c2cccc(-c3c(N(c4ccc5c(c4)sc4ccccc45)c4ccccc4-c4ccc5c(c4)sc4ccccc45)c4ccccc4c4ccccc34)c2)cc1. The van der Waals surface area contributed by atoms with Crippen molar-refractivity contribution in [1.29, 1.82) is 0 Å². The Morgan fingerprint density at radius 2 is 0.814 bits per heavy atom. The molecule has 0 spiro atoms.